The Bertz CT molecular complexity index is 663. The van der Waals surface area contributed by atoms with E-state index in [0.29, 0.717) is 11.3 Å². The van der Waals surface area contributed by atoms with Crippen molar-refractivity contribution in [2.75, 3.05) is 0 Å². The van der Waals surface area contributed by atoms with E-state index in [1.54, 1.807) is 30.5 Å². The molecular weight excluding hydrogens is 305 g/mol. The summed E-state index contributed by atoms with van der Waals surface area (Å²) >= 11 is 17.3. The number of nitriles is 1. The maximum atomic E-state index is 8.94. The lowest BCUT2D eigenvalue weighted by Gasteiger charge is -2.07. The molecule has 6 heteroatoms. The number of rotatable bonds is 2. The summed E-state index contributed by atoms with van der Waals surface area (Å²) in [5.74, 6) is 0.227. The Morgan fingerprint density at radius 1 is 1.37 bits per heavy atom. The van der Waals surface area contributed by atoms with Crippen LogP contribution in [0.25, 0.3) is 17.3 Å². The number of aromatic amines is 1. The second-order valence-electron chi connectivity index (χ2n) is 3.76. The highest BCUT2D eigenvalue weighted by Crippen LogP contribution is 2.37. The third kappa shape index (κ3) is 2.93. The minimum atomic E-state index is -1.61. The topological polar surface area (TPSA) is 52.5 Å². The molecule has 1 aromatic heterocycles. The zero-order chi connectivity index (χ0) is 14.0. The number of halogens is 3. The van der Waals surface area contributed by atoms with Gasteiger partial charge in [0, 0.05) is 5.56 Å². The molecule has 0 spiro atoms. The summed E-state index contributed by atoms with van der Waals surface area (Å²) in [5, 5.41) is 8.94. The second kappa shape index (κ2) is 5.26. The SMILES string of the molecule is C=Cc1ccc(C#N)cc1-c1cnc(C(Cl)(Cl)Cl)[nH]1. The minimum absolute atomic E-state index is 0.227. The van der Waals surface area contributed by atoms with E-state index in [2.05, 4.69) is 22.6 Å². The smallest absolute Gasteiger partial charge is 0.248 e. The normalized spacial score (nSPS) is 11.1. The fraction of sp³-hybridized carbons (Fsp3) is 0.0769. The number of hydrogen-bond donors (Lipinski definition) is 1. The zero-order valence-corrected chi connectivity index (χ0v) is 11.9. The van der Waals surface area contributed by atoms with Crippen molar-refractivity contribution < 1.29 is 0 Å². The summed E-state index contributed by atoms with van der Waals surface area (Å²) in [7, 11) is 0. The van der Waals surface area contributed by atoms with E-state index in [1.165, 1.54) is 0 Å². The van der Waals surface area contributed by atoms with Gasteiger partial charge in [0.2, 0.25) is 3.79 Å². The number of H-pyrrole nitrogens is 1. The fourth-order valence-corrected chi connectivity index (χ4v) is 1.93. The molecule has 0 fully saturated rings. The molecule has 0 atom stereocenters. The average molecular weight is 313 g/mol. The maximum Gasteiger partial charge on any atom is 0.248 e. The first-order valence-corrected chi connectivity index (χ1v) is 6.38. The molecular formula is C13H8Cl3N3. The number of benzene rings is 1. The van der Waals surface area contributed by atoms with Crippen molar-refractivity contribution in [1.82, 2.24) is 9.97 Å². The van der Waals surface area contributed by atoms with Crippen molar-refractivity contribution in [3.05, 3.63) is 47.9 Å². The van der Waals surface area contributed by atoms with Crippen LogP contribution >= 0.6 is 34.8 Å². The van der Waals surface area contributed by atoms with Crippen molar-refractivity contribution in [3.8, 4) is 17.3 Å². The van der Waals surface area contributed by atoms with E-state index in [-0.39, 0.29) is 5.82 Å². The molecule has 2 aromatic rings. The lowest BCUT2D eigenvalue weighted by Crippen LogP contribution is -2.02. The van der Waals surface area contributed by atoms with Gasteiger partial charge in [0.25, 0.3) is 0 Å². The molecule has 1 heterocycles. The highest BCUT2D eigenvalue weighted by Gasteiger charge is 2.26. The van der Waals surface area contributed by atoms with Crippen LogP contribution in [0.15, 0.2) is 31.0 Å². The predicted octanol–water partition coefficient (Wildman–Crippen LogP) is 4.42. The number of alkyl halides is 3. The van der Waals surface area contributed by atoms with Gasteiger partial charge in [-0.3, -0.25) is 0 Å². The van der Waals surface area contributed by atoms with Crippen LogP contribution in [-0.4, -0.2) is 9.97 Å². The number of hydrogen-bond acceptors (Lipinski definition) is 2. The van der Waals surface area contributed by atoms with Crippen molar-refractivity contribution in [2.24, 2.45) is 0 Å². The molecule has 0 aliphatic rings. The Morgan fingerprint density at radius 2 is 2.11 bits per heavy atom. The molecule has 0 amide bonds. The lowest BCUT2D eigenvalue weighted by atomic mass is 10.0. The summed E-state index contributed by atoms with van der Waals surface area (Å²) < 4.78 is -1.61. The van der Waals surface area contributed by atoms with Gasteiger partial charge in [-0.1, -0.05) is 53.5 Å². The van der Waals surface area contributed by atoms with Gasteiger partial charge < -0.3 is 4.98 Å². The van der Waals surface area contributed by atoms with Gasteiger partial charge in [0.05, 0.1) is 23.5 Å². The first kappa shape index (κ1) is 14.0. The molecule has 19 heavy (non-hydrogen) atoms. The van der Waals surface area contributed by atoms with Gasteiger partial charge in [-0.15, -0.1) is 0 Å². The van der Waals surface area contributed by atoms with Crippen LogP contribution in [0.5, 0.6) is 0 Å². The molecule has 3 nitrogen and oxygen atoms in total. The number of nitrogens with one attached hydrogen (secondary N) is 1. The summed E-state index contributed by atoms with van der Waals surface area (Å²) in [6, 6.07) is 7.32. The van der Waals surface area contributed by atoms with E-state index >= 15 is 0 Å². The van der Waals surface area contributed by atoms with Crippen LogP contribution in [0.2, 0.25) is 0 Å². The third-order valence-electron chi connectivity index (χ3n) is 2.54. The Kier molecular flexibility index (Phi) is 3.86. The molecule has 0 radical (unpaired) electrons. The molecule has 0 bridgehead atoms. The Hall–Kier alpha value is -1.47. The van der Waals surface area contributed by atoms with Gasteiger partial charge in [-0.25, -0.2) is 4.98 Å². The molecule has 0 aliphatic heterocycles. The van der Waals surface area contributed by atoms with Crippen LogP contribution in [0, 0.1) is 11.3 Å². The molecule has 1 aromatic carbocycles. The van der Waals surface area contributed by atoms with Crippen LogP contribution in [-0.2, 0) is 3.79 Å². The van der Waals surface area contributed by atoms with E-state index < -0.39 is 3.79 Å². The van der Waals surface area contributed by atoms with Crippen molar-refractivity contribution >= 4 is 40.9 Å². The first-order valence-electron chi connectivity index (χ1n) is 5.25. The van der Waals surface area contributed by atoms with E-state index in [1.807, 2.05) is 0 Å². The molecule has 96 valence electrons. The molecule has 0 saturated carbocycles. The molecule has 0 saturated heterocycles. The van der Waals surface area contributed by atoms with Crippen molar-refractivity contribution in [2.45, 2.75) is 3.79 Å². The van der Waals surface area contributed by atoms with Gasteiger partial charge in [0.1, 0.15) is 0 Å². The van der Waals surface area contributed by atoms with Crippen LogP contribution in [0.3, 0.4) is 0 Å². The lowest BCUT2D eigenvalue weighted by molar-refractivity contribution is 1.03. The highest BCUT2D eigenvalue weighted by molar-refractivity contribution is 6.66. The van der Waals surface area contributed by atoms with Crippen molar-refractivity contribution in [3.63, 3.8) is 0 Å². The van der Waals surface area contributed by atoms with Crippen molar-refractivity contribution in [1.29, 1.82) is 5.26 Å². The summed E-state index contributed by atoms with van der Waals surface area (Å²) in [6.07, 6.45) is 3.24. The number of aromatic nitrogens is 2. The molecule has 1 N–H and O–H groups in total. The average Bonchev–Trinajstić information content (AvgIpc) is 2.87. The largest absolute Gasteiger partial charge is 0.338 e. The van der Waals surface area contributed by atoms with E-state index in [9.17, 15) is 0 Å². The summed E-state index contributed by atoms with van der Waals surface area (Å²) in [5.41, 5.74) is 2.83. The van der Waals surface area contributed by atoms with Crippen LogP contribution < -0.4 is 0 Å². The summed E-state index contributed by atoms with van der Waals surface area (Å²) in [4.78, 5) is 6.96. The molecule has 0 aliphatic carbocycles. The van der Waals surface area contributed by atoms with Crippen LogP contribution in [0.1, 0.15) is 17.0 Å². The highest BCUT2D eigenvalue weighted by atomic mass is 35.6. The van der Waals surface area contributed by atoms with E-state index in [4.69, 9.17) is 40.1 Å². The van der Waals surface area contributed by atoms with E-state index in [0.717, 1.165) is 11.1 Å². The summed E-state index contributed by atoms with van der Waals surface area (Å²) in [6.45, 7) is 3.73. The Labute approximate surface area is 125 Å². The molecule has 2 rings (SSSR count). The predicted molar refractivity (Wildman–Crippen MR) is 78.1 cm³/mol. The third-order valence-corrected chi connectivity index (χ3v) is 3.07. The first-order chi connectivity index (χ1) is 8.95. The fourth-order valence-electron chi connectivity index (χ4n) is 1.64. The second-order valence-corrected chi connectivity index (χ2v) is 6.04. The quantitative estimate of drug-likeness (QED) is 0.835. The number of nitrogens with zero attached hydrogens (tertiary/aromatic N) is 2. The van der Waals surface area contributed by atoms with Gasteiger partial charge in [-0.2, -0.15) is 5.26 Å². The minimum Gasteiger partial charge on any atom is -0.338 e. The molecule has 0 unspecified atom stereocenters. The Balaban J connectivity index is 2.55. The number of imidazole rings is 1. The van der Waals surface area contributed by atoms with Crippen LogP contribution in [0.4, 0.5) is 0 Å². The van der Waals surface area contributed by atoms with Gasteiger partial charge in [0.15, 0.2) is 5.82 Å². The monoisotopic (exact) mass is 311 g/mol. The standard InChI is InChI=1S/C13H8Cl3N3/c1-2-9-4-3-8(6-17)5-10(9)11-7-18-12(19-11)13(14,15)16/h2-5,7H,1H2,(H,18,19). The van der Waals surface area contributed by atoms with Gasteiger partial charge >= 0.3 is 0 Å². The zero-order valence-electron chi connectivity index (χ0n) is 9.62. The van der Waals surface area contributed by atoms with Gasteiger partial charge in [-0.05, 0) is 17.7 Å². The Morgan fingerprint density at radius 3 is 2.63 bits per heavy atom. The maximum absolute atomic E-state index is 8.94.